The van der Waals surface area contributed by atoms with Crippen LogP contribution in [0, 0.1) is 10.1 Å². The van der Waals surface area contributed by atoms with Crippen molar-refractivity contribution in [3.63, 3.8) is 0 Å². The fraction of sp³-hybridized carbons (Fsp3) is 0.0714. The zero-order valence-corrected chi connectivity index (χ0v) is 12.7. The van der Waals surface area contributed by atoms with Crippen molar-refractivity contribution in [2.45, 2.75) is 0 Å². The van der Waals surface area contributed by atoms with Crippen LogP contribution in [0.15, 0.2) is 40.9 Å². The molecule has 0 bridgehead atoms. The second-order valence-corrected chi connectivity index (χ2v) is 5.57. The van der Waals surface area contributed by atoms with Gasteiger partial charge in [-0.3, -0.25) is 10.1 Å². The predicted molar refractivity (Wildman–Crippen MR) is 84.9 cm³/mol. The number of fused-ring (bicyclic) bond motifs is 1. The summed E-state index contributed by atoms with van der Waals surface area (Å²) < 4.78 is 2.86. The molecule has 0 atom stereocenters. The summed E-state index contributed by atoms with van der Waals surface area (Å²) in [5.74, 6) is 0.676. The Labute approximate surface area is 128 Å². The van der Waals surface area contributed by atoms with E-state index in [1.54, 1.807) is 6.07 Å². The zero-order valence-electron chi connectivity index (χ0n) is 11.1. The summed E-state index contributed by atoms with van der Waals surface area (Å²) in [5.41, 5.74) is 8.72. The van der Waals surface area contributed by atoms with E-state index >= 15 is 0 Å². The molecule has 0 amide bonds. The van der Waals surface area contributed by atoms with E-state index in [2.05, 4.69) is 20.9 Å². The fourth-order valence-corrected chi connectivity index (χ4v) is 2.63. The molecule has 7 heteroatoms. The van der Waals surface area contributed by atoms with E-state index in [-0.39, 0.29) is 5.69 Å². The first-order valence-electron chi connectivity index (χ1n) is 6.13. The van der Waals surface area contributed by atoms with E-state index < -0.39 is 4.92 Å². The number of aryl methyl sites for hydroxylation is 1. The molecule has 2 N–H and O–H groups in total. The molecule has 0 aliphatic heterocycles. The third-order valence-electron chi connectivity index (χ3n) is 3.33. The monoisotopic (exact) mass is 346 g/mol. The number of nitrogen functional groups attached to an aromatic ring is 1. The first-order valence-corrected chi connectivity index (χ1v) is 6.93. The molecule has 0 unspecified atom stereocenters. The van der Waals surface area contributed by atoms with Crippen LogP contribution in [0.1, 0.15) is 0 Å². The van der Waals surface area contributed by atoms with Gasteiger partial charge in [0.05, 0.1) is 16.0 Å². The Hall–Kier alpha value is -2.41. The summed E-state index contributed by atoms with van der Waals surface area (Å²) in [7, 11) is 1.89. The average molecular weight is 347 g/mol. The van der Waals surface area contributed by atoms with Gasteiger partial charge in [-0.2, -0.15) is 0 Å². The normalized spacial score (nSPS) is 11.0. The third-order valence-corrected chi connectivity index (χ3v) is 3.82. The molecule has 1 aromatic heterocycles. The lowest BCUT2D eigenvalue weighted by molar-refractivity contribution is -0.384. The first kappa shape index (κ1) is 13.6. The van der Waals surface area contributed by atoms with Crippen molar-refractivity contribution in [1.29, 1.82) is 0 Å². The van der Waals surface area contributed by atoms with Crippen molar-refractivity contribution < 1.29 is 4.92 Å². The lowest BCUT2D eigenvalue weighted by Crippen LogP contribution is -1.98. The highest BCUT2D eigenvalue weighted by atomic mass is 79.9. The SMILES string of the molecule is Cn1c(-c2ccc([N+](=O)[O-])cc2N)nc2cc(Br)ccc21. The van der Waals surface area contributed by atoms with Crippen LogP contribution in [-0.2, 0) is 7.05 Å². The molecule has 0 aliphatic carbocycles. The second kappa shape index (κ2) is 4.85. The Kier molecular flexibility index (Phi) is 3.13. The number of nitrogens with zero attached hydrogens (tertiary/aromatic N) is 3. The van der Waals surface area contributed by atoms with Crippen LogP contribution in [0.3, 0.4) is 0 Å². The number of halogens is 1. The van der Waals surface area contributed by atoms with Gasteiger partial charge in [0.15, 0.2) is 0 Å². The van der Waals surface area contributed by atoms with Crippen molar-refractivity contribution in [2.75, 3.05) is 5.73 Å². The number of hydrogen-bond acceptors (Lipinski definition) is 4. The lowest BCUT2D eigenvalue weighted by atomic mass is 10.1. The van der Waals surface area contributed by atoms with E-state index in [1.807, 2.05) is 29.8 Å². The van der Waals surface area contributed by atoms with Crippen LogP contribution >= 0.6 is 15.9 Å². The van der Waals surface area contributed by atoms with Crippen molar-refractivity contribution in [2.24, 2.45) is 7.05 Å². The van der Waals surface area contributed by atoms with Gasteiger partial charge >= 0.3 is 0 Å². The Morgan fingerprint density at radius 1 is 1.29 bits per heavy atom. The number of non-ortho nitro benzene ring substituents is 1. The van der Waals surface area contributed by atoms with E-state index in [0.29, 0.717) is 17.1 Å². The molecule has 3 rings (SSSR count). The number of hydrogen-bond donors (Lipinski definition) is 1. The van der Waals surface area contributed by atoms with Crippen LogP contribution in [-0.4, -0.2) is 14.5 Å². The fourth-order valence-electron chi connectivity index (χ4n) is 2.28. The molecular weight excluding hydrogens is 336 g/mol. The highest BCUT2D eigenvalue weighted by molar-refractivity contribution is 9.10. The van der Waals surface area contributed by atoms with Gasteiger partial charge in [-0.05, 0) is 24.3 Å². The van der Waals surface area contributed by atoms with Crippen LogP contribution in [0.4, 0.5) is 11.4 Å². The molecule has 0 saturated heterocycles. The first-order chi connectivity index (χ1) is 9.97. The molecule has 2 aromatic carbocycles. The minimum Gasteiger partial charge on any atom is -0.398 e. The minimum absolute atomic E-state index is 0.0299. The highest BCUT2D eigenvalue weighted by Crippen LogP contribution is 2.31. The topological polar surface area (TPSA) is 87.0 Å². The van der Waals surface area contributed by atoms with Crippen LogP contribution in [0.25, 0.3) is 22.4 Å². The summed E-state index contributed by atoms with van der Waals surface area (Å²) in [6, 6.07) is 10.2. The molecule has 21 heavy (non-hydrogen) atoms. The molecule has 0 saturated carbocycles. The molecule has 0 fully saturated rings. The molecule has 0 spiro atoms. The minimum atomic E-state index is -0.466. The number of aromatic nitrogens is 2. The summed E-state index contributed by atoms with van der Waals surface area (Å²) in [6.07, 6.45) is 0. The number of nitro benzene ring substituents is 1. The number of imidazole rings is 1. The number of rotatable bonds is 2. The van der Waals surface area contributed by atoms with E-state index in [4.69, 9.17) is 5.73 Å². The smallest absolute Gasteiger partial charge is 0.271 e. The van der Waals surface area contributed by atoms with Gasteiger partial charge < -0.3 is 10.3 Å². The lowest BCUT2D eigenvalue weighted by Gasteiger charge is -2.05. The van der Waals surface area contributed by atoms with Crippen molar-refractivity contribution in [1.82, 2.24) is 9.55 Å². The number of nitro groups is 1. The summed E-state index contributed by atoms with van der Waals surface area (Å²) in [5, 5.41) is 10.8. The van der Waals surface area contributed by atoms with E-state index in [9.17, 15) is 10.1 Å². The number of nitrogens with two attached hydrogens (primary N) is 1. The van der Waals surface area contributed by atoms with E-state index in [1.165, 1.54) is 12.1 Å². The van der Waals surface area contributed by atoms with Crippen LogP contribution in [0.2, 0.25) is 0 Å². The molecule has 0 aliphatic rings. The van der Waals surface area contributed by atoms with E-state index in [0.717, 1.165) is 15.5 Å². The molecule has 3 aromatic rings. The maximum Gasteiger partial charge on any atom is 0.271 e. The maximum atomic E-state index is 10.8. The van der Waals surface area contributed by atoms with Gasteiger partial charge in [0.1, 0.15) is 5.82 Å². The maximum absolute atomic E-state index is 10.8. The Bertz CT molecular complexity index is 873. The number of benzene rings is 2. The molecule has 1 heterocycles. The van der Waals surface area contributed by atoms with Gasteiger partial charge in [0.25, 0.3) is 5.69 Å². The predicted octanol–water partition coefficient (Wildman–Crippen LogP) is 3.49. The Balaban J connectivity index is 2.21. The van der Waals surface area contributed by atoms with Crippen LogP contribution in [0.5, 0.6) is 0 Å². The summed E-state index contributed by atoms with van der Waals surface area (Å²) in [6.45, 7) is 0. The molecule has 6 nitrogen and oxygen atoms in total. The van der Waals surface area contributed by atoms with Gasteiger partial charge in [-0.25, -0.2) is 4.98 Å². The van der Waals surface area contributed by atoms with Gasteiger partial charge in [0.2, 0.25) is 0 Å². The second-order valence-electron chi connectivity index (χ2n) is 4.66. The van der Waals surface area contributed by atoms with Crippen LogP contribution < -0.4 is 5.73 Å². The average Bonchev–Trinajstić information content (AvgIpc) is 2.75. The summed E-state index contributed by atoms with van der Waals surface area (Å²) in [4.78, 5) is 14.9. The van der Waals surface area contributed by atoms with Gasteiger partial charge in [0, 0.05) is 34.9 Å². The standard InChI is InChI=1S/C14H11BrN4O2/c1-18-13-5-2-8(15)6-12(13)17-14(18)10-4-3-9(19(20)21)7-11(10)16/h2-7H,16H2,1H3. The Morgan fingerprint density at radius 2 is 2.05 bits per heavy atom. The third kappa shape index (κ3) is 2.25. The van der Waals surface area contributed by atoms with Crippen molar-refractivity contribution in [3.05, 3.63) is 51.0 Å². The molecule has 0 radical (unpaired) electrons. The molecular formula is C14H11BrN4O2. The Morgan fingerprint density at radius 3 is 2.71 bits per heavy atom. The largest absolute Gasteiger partial charge is 0.398 e. The zero-order chi connectivity index (χ0) is 15.1. The molecule has 106 valence electrons. The van der Waals surface area contributed by atoms with Crippen molar-refractivity contribution in [3.8, 4) is 11.4 Å². The van der Waals surface area contributed by atoms with Gasteiger partial charge in [-0.15, -0.1) is 0 Å². The van der Waals surface area contributed by atoms with Crippen molar-refractivity contribution >= 4 is 38.3 Å². The summed E-state index contributed by atoms with van der Waals surface area (Å²) >= 11 is 3.41. The van der Waals surface area contributed by atoms with Gasteiger partial charge in [-0.1, -0.05) is 15.9 Å². The number of anilines is 1. The highest BCUT2D eigenvalue weighted by Gasteiger charge is 2.15. The quantitative estimate of drug-likeness (QED) is 0.437.